The fourth-order valence-electron chi connectivity index (χ4n) is 4.16. The molecule has 4 nitrogen and oxygen atoms in total. The number of piperidine rings is 1. The molecule has 1 aliphatic heterocycles. The molecule has 2 N–H and O–H groups in total. The van der Waals surface area contributed by atoms with Gasteiger partial charge >= 0.3 is 0 Å². The van der Waals surface area contributed by atoms with Gasteiger partial charge in [0.05, 0.1) is 5.52 Å². The maximum atomic E-state index is 12.5. The lowest BCUT2D eigenvalue weighted by Gasteiger charge is -2.32. The quantitative estimate of drug-likeness (QED) is 0.675. The molecule has 2 aromatic carbocycles. The minimum Gasteiger partial charge on any atom is -0.381 e. The van der Waals surface area contributed by atoms with Crippen molar-refractivity contribution in [3.8, 4) is 0 Å². The van der Waals surface area contributed by atoms with Gasteiger partial charge < -0.3 is 15.2 Å². The molecule has 0 aliphatic carbocycles. The monoisotopic (exact) mass is 375 g/mol. The SMILES string of the molecule is Cc1ccc(C)c2[nH]c(=O)c(CNc3ccc(N4CCC[C@@H](C)C4)cc3)cc12. The Bertz CT molecular complexity index is 1040. The minimum atomic E-state index is -0.0207. The average Bonchev–Trinajstić information content (AvgIpc) is 2.70. The Kier molecular flexibility index (Phi) is 5.12. The summed E-state index contributed by atoms with van der Waals surface area (Å²) in [5.74, 6) is 0.762. The maximum Gasteiger partial charge on any atom is 0.253 e. The third-order valence-electron chi connectivity index (χ3n) is 5.89. The Balaban J connectivity index is 1.49. The molecule has 1 fully saturated rings. The lowest BCUT2D eigenvalue weighted by molar-refractivity contribution is 0.447. The molecule has 0 bridgehead atoms. The van der Waals surface area contributed by atoms with Crippen molar-refractivity contribution in [3.63, 3.8) is 0 Å². The van der Waals surface area contributed by atoms with E-state index in [2.05, 4.69) is 65.4 Å². The highest BCUT2D eigenvalue weighted by Gasteiger charge is 2.16. The molecule has 1 aromatic heterocycles. The van der Waals surface area contributed by atoms with Crippen LogP contribution < -0.4 is 15.8 Å². The fourth-order valence-corrected chi connectivity index (χ4v) is 4.16. The largest absolute Gasteiger partial charge is 0.381 e. The van der Waals surface area contributed by atoms with Gasteiger partial charge in [0, 0.05) is 42.0 Å². The van der Waals surface area contributed by atoms with E-state index >= 15 is 0 Å². The molecular weight excluding hydrogens is 346 g/mol. The van der Waals surface area contributed by atoms with Crippen LogP contribution in [-0.2, 0) is 6.54 Å². The summed E-state index contributed by atoms with van der Waals surface area (Å²) in [4.78, 5) is 18.0. The van der Waals surface area contributed by atoms with E-state index in [9.17, 15) is 4.79 Å². The van der Waals surface area contributed by atoms with Crippen molar-refractivity contribution < 1.29 is 0 Å². The van der Waals surface area contributed by atoms with Crippen molar-refractivity contribution in [1.82, 2.24) is 4.98 Å². The Labute approximate surface area is 166 Å². The van der Waals surface area contributed by atoms with Crippen molar-refractivity contribution in [2.24, 2.45) is 5.92 Å². The molecule has 146 valence electrons. The Morgan fingerprint density at radius 1 is 1.11 bits per heavy atom. The van der Waals surface area contributed by atoms with Crippen LogP contribution >= 0.6 is 0 Å². The Morgan fingerprint density at radius 2 is 1.86 bits per heavy atom. The summed E-state index contributed by atoms with van der Waals surface area (Å²) in [5, 5.41) is 4.52. The summed E-state index contributed by atoms with van der Waals surface area (Å²) >= 11 is 0. The molecule has 1 atom stereocenters. The second kappa shape index (κ2) is 7.70. The number of aromatic amines is 1. The van der Waals surface area contributed by atoms with Crippen LogP contribution in [0.5, 0.6) is 0 Å². The van der Waals surface area contributed by atoms with Crippen LogP contribution in [0.4, 0.5) is 11.4 Å². The van der Waals surface area contributed by atoms with E-state index in [0.717, 1.165) is 46.7 Å². The zero-order chi connectivity index (χ0) is 19.7. The standard InChI is InChI=1S/C24H29N3O/c1-16-5-4-12-27(15-16)21-10-8-20(9-11-21)25-14-19-13-22-17(2)6-7-18(3)23(22)26-24(19)28/h6-11,13,16,25H,4-5,12,14-15H2,1-3H3,(H,26,28)/t16-/m1/s1. The molecule has 0 radical (unpaired) electrons. The summed E-state index contributed by atoms with van der Waals surface area (Å²) < 4.78 is 0. The van der Waals surface area contributed by atoms with E-state index in [1.54, 1.807) is 0 Å². The molecule has 28 heavy (non-hydrogen) atoms. The van der Waals surface area contributed by atoms with E-state index in [-0.39, 0.29) is 5.56 Å². The summed E-state index contributed by atoms with van der Waals surface area (Å²) in [7, 11) is 0. The normalized spacial score (nSPS) is 17.1. The van der Waals surface area contributed by atoms with Gasteiger partial charge in [-0.1, -0.05) is 19.1 Å². The number of benzene rings is 2. The smallest absolute Gasteiger partial charge is 0.253 e. The molecule has 0 saturated carbocycles. The number of fused-ring (bicyclic) bond motifs is 1. The molecule has 1 saturated heterocycles. The van der Waals surface area contributed by atoms with Gasteiger partial charge in [0.25, 0.3) is 5.56 Å². The number of hydrogen-bond acceptors (Lipinski definition) is 3. The molecular formula is C24H29N3O. The van der Waals surface area contributed by atoms with E-state index in [1.165, 1.54) is 24.1 Å². The minimum absolute atomic E-state index is 0.0207. The van der Waals surface area contributed by atoms with Crippen molar-refractivity contribution >= 4 is 22.3 Å². The maximum absolute atomic E-state index is 12.5. The number of aromatic nitrogens is 1. The van der Waals surface area contributed by atoms with E-state index < -0.39 is 0 Å². The van der Waals surface area contributed by atoms with Crippen LogP contribution in [0.1, 0.15) is 36.5 Å². The number of rotatable bonds is 4. The summed E-state index contributed by atoms with van der Waals surface area (Å²) in [6.07, 6.45) is 2.60. The summed E-state index contributed by atoms with van der Waals surface area (Å²) in [6, 6.07) is 14.8. The number of anilines is 2. The van der Waals surface area contributed by atoms with Gasteiger partial charge in [0.1, 0.15) is 0 Å². The van der Waals surface area contributed by atoms with E-state index in [4.69, 9.17) is 0 Å². The lowest BCUT2D eigenvalue weighted by Crippen LogP contribution is -2.34. The number of hydrogen-bond donors (Lipinski definition) is 2. The first-order valence-corrected chi connectivity index (χ1v) is 10.2. The van der Waals surface area contributed by atoms with Crippen LogP contribution in [0, 0.1) is 19.8 Å². The lowest BCUT2D eigenvalue weighted by atomic mass is 10.00. The van der Waals surface area contributed by atoms with Crippen LogP contribution in [0.15, 0.2) is 47.3 Å². The molecule has 4 heteroatoms. The van der Waals surface area contributed by atoms with Crippen LogP contribution in [0.2, 0.25) is 0 Å². The van der Waals surface area contributed by atoms with Gasteiger partial charge in [0.15, 0.2) is 0 Å². The fraction of sp³-hybridized carbons (Fsp3) is 0.375. The van der Waals surface area contributed by atoms with Crippen molar-refractivity contribution in [1.29, 1.82) is 0 Å². The number of nitrogens with one attached hydrogen (secondary N) is 2. The average molecular weight is 376 g/mol. The number of H-pyrrole nitrogens is 1. The van der Waals surface area contributed by atoms with Gasteiger partial charge in [-0.05, 0) is 74.1 Å². The van der Waals surface area contributed by atoms with E-state index in [1.807, 2.05) is 13.0 Å². The van der Waals surface area contributed by atoms with Gasteiger partial charge in [0.2, 0.25) is 0 Å². The highest BCUT2D eigenvalue weighted by atomic mass is 16.1. The third kappa shape index (κ3) is 3.77. The molecule has 0 unspecified atom stereocenters. The number of aryl methyl sites for hydroxylation is 2. The van der Waals surface area contributed by atoms with Gasteiger partial charge in [-0.2, -0.15) is 0 Å². The van der Waals surface area contributed by atoms with E-state index in [0.29, 0.717) is 6.54 Å². The second-order valence-corrected chi connectivity index (χ2v) is 8.21. The van der Waals surface area contributed by atoms with Crippen LogP contribution in [0.3, 0.4) is 0 Å². The van der Waals surface area contributed by atoms with Crippen LogP contribution in [0.25, 0.3) is 10.9 Å². The van der Waals surface area contributed by atoms with Gasteiger partial charge in [-0.3, -0.25) is 4.79 Å². The second-order valence-electron chi connectivity index (χ2n) is 8.21. The predicted molar refractivity (Wildman–Crippen MR) is 118 cm³/mol. The van der Waals surface area contributed by atoms with Crippen molar-refractivity contribution in [3.05, 3.63) is 69.5 Å². The summed E-state index contributed by atoms with van der Waals surface area (Å²) in [5.41, 5.74) is 6.27. The number of pyridine rings is 1. The van der Waals surface area contributed by atoms with Gasteiger partial charge in [-0.25, -0.2) is 0 Å². The summed E-state index contributed by atoms with van der Waals surface area (Å²) in [6.45, 7) is 9.23. The highest BCUT2D eigenvalue weighted by Crippen LogP contribution is 2.25. The first kappa shape index (κ1) is 18.6. The topological polar surface area (TPSA) is 48.1 Å². The zero-order valence-corrected chi connectivity index (χ0v) is 17.0. The predicted octanol–water partition coefficient (Wildman–Crippen LogP) is 4.99. The van der Waals surface area contributed by atoms with Crippen molar-refractivity contribution in [2.45, 2.75) is 40.2 Å². The van der Waals surface area contributed by atoms with Crippen molar-refractivity contribution in [2.75, 3.05) is 23.3 Å². The molecule has 4 rings (SSSR count). The first-order chi connectivity index (χ1) is 13.5. The first-order valence-electron chi connectivity index (χ1n) is 10.2. The Hall–Kier alpha value is -2.75. The molecule has 1 aliphatic rings. The molecule has 2 heterocycles. The molecule has 0 amide bonds. The van der Waals surface area contributed by atoms with Gasteiger partial charge in [-0.15, -0.1) is 0 Å². The van der Waals surface area contributed by atoms with Crippen LogP contribution in [-0.4, -0.2) is 18.1 Å². The Morgan fingerprint density at radius 3 is 2.61 bits per heavy atom. The number of nitrogens with zero attached hydrogens (tertiary/aromatic N) is 1. The zero-order valence-electron chi connectivity index (χ0n) is 17.0. The third-order valence-corrected chi connectivity index (χ3v) is 5.89. The highest BCUT2D eigenvalue weighted by molar-refractivity contribution is 5.85. The molecule has 3 aromatic rings. The molecule has 0 spiro atoms.